The van der Waals surface area contributed by atoms with Crippen molar-refractivity contribution in [3.63, 3.8) is 0 Å². The summed E-state index contributed by atoms with van der Waals surface area (Å²) < 4.78 is 39.2. The quantitative estimate of drug-likeness (QED) is 0.769. The molecular weight excluding hydrogens is 229 g/mol. The van der Waals surface area contributed by atoms with Gasteiger partial charge in [-0.25, -0.2) is 0 Å². The van der Waals surface area contributed by atoms with E-state index in [0.29, 0.717) is 25.2 Å². The van der Waals surface area contributed by atoms with Gasteiger partial charge in [0.05, 0.1) is 0 Å². The lowest BCUT2D eigenvalue weighted by molar-refractivity contribution is -0.197. The Morgan fingerprint density at radius 1 is 1.06 bits per heavy atom. The summed E-state index contributed by atoms with van der Waals surface area (Å²) >= 11 is 0. The van der Waals surface area contributed by atoms with Gasteiger partial charge in [0.2, 0.25) is 0 Å². The Balaban J connectivity index is 2.05. The van der Waals surface area contributed by atoms with Crippen molar-refractivity contribution in [3.8, 4) is 0 Å². The Morgan fingerprint density at radius 2 is 1.53 bits per heavy atom. The maximum Gasteiger partial charge on any atom is 0.406 e. The van der Waals surface area contributed by atoms with Crippen molar-refractivity contribution in [3.05, 3.63) is 0 Å². The zero-order valence-corrected chi connectivity index (χ0v) is 10.5. The molecule has 1 saturated heterocycles. The largest absolute Gasteiger partial charge is 0.406 e. The molecule has 1 saturated carbocycles. The molecule has 17 heavy (non-hydrogen) atoms. The van der Waals surface area contributed by atoms with E-state index in [1.807, 2.05) is 13.8 Å². The Hall–Kier alpha value is -0.290. The third-order valence-electron chi connectivity index (χ3n) is 4.09. The van der Waals surface area contributed by atoms with E-state index in [-0.39, 0.29) is 12.8 Å². The average Bonchev–Trinajstić information content (AvgIpc) is 2.94. The Bertz CT molecular complexity index is 261. The molecule has 2 rings (SSSR count). The standard InChI is InChI=1S/C12H21F3N2/c1-9-3-7-17(8-4-10(2)16-9)11(5-6-11)12(13,14)15/h9-10,16H,3-8H2,1-2H3. The lowest BCUT2D eigenvalue weighted by atomic mass is 10.1. The molecule has 0 bridgehead atoms. The highest BCUT2D eigenvalue weighted by atomic mass is 19.4. The van der Waals surface area contributed by atoms with Gasteiger partial charge in [0.25, 0.3) is 0 Å². The van der Waals surface area contributed by atoms with Crippen LogP contribution in [0.5, 0.6) is 0 Å². The highest BCUT2D eigenvalue weighted by molar-refractivity contribution is 5.09. The van der Waals surface area contributed by atoms with Gasteiger partial charge in [0.1, 0.15) is 5.54 Å². The molecule has 2 aliphatic rings. The van der Waals surface area contributed by atoms with E-state index in [4.69, 9.17) is 0 Å². The first-order chi connectivity index (χ1) is 7.85. The molecule has 2 fully saturated rings. The lowest BCUT2D eigenvalue weighted by Crippen LogP contribution is -2.52. The Kier molecular flexibility index (Phi) is 3.42. The van der Waals surface area contributed by atoms with Crippen LogP contribution >= 0.6 is 0 Å². The summed E-state index contributed by atoms with van der Waals surface area (Å²) in [5, 5.41) is 3.40. The molecule has 0 amide bonds. The molecule has 0 aromatic rings. The Labute approximate surface area is 101 Å². The van der Waals surface area contributed by atoms with Crippen LogP contribution in [0.15, 0.2) is 0 Å². The van der Waals surface area contributed by atoms with E-state index in [2.05, 4.69) is 5.32 Å². The van der Waals surface area contributed by atoms with Crippen molar-refractivity contribution in [1.29, 1.82) is 0 Å². The minimum Gasteiger partial charge on any atom is -0.312 e. The smallest absolute Gasteiger partial charge is 0.312 e. The average molecular weight is 250 g/mol. The third kappa shape index (κ3) is 2.60. The molecule has 0 spiro atoms. The second kappa shape index (κ2) is 4.43. The fourth-order valence-corrected chi connectivity index (χ4v) is 2.79. The van der Waals surface area contributed by atoms with Crippen molar-refractivity contribution in [2.45, 2.75) is 63.3 Å². The van der Waals surface area contributed by atoms with Crippen molar-refractivity contribution < 1.29 is 13.2 Å². The van der Waals surface area contributed by atoms with E-state index in [0.717, 1.165) is 12.8 Å². The molecule has 100 valence electrons. The molecule has 1 heterocycles. The number of hydrogen-bond donors (Lipinski definition) is 1. The molecule has 2 atom stereocenters. The van der Waals surface area contributed by atoms with Crippen molar-refractivity contribution >= 4 is 0 Å². The zero-order chi connectivity index (χ0) is 12.7. The predicted molar refractivity (Wildman–Crippen MR) is 60.9 cm³/mol. The van der Waals surface area contributed by atoms with Gasteiger partial charge in [-0.3, -0.25) is 4.90 Å². The van der Waals surface area contributed by atoms with Crippen LogP contribution in [-0.2, 0) is 0 Å². The lowest BCUT2D eigenvalue weighted by Gasteiger charge is -2.37. The van der Waals surface area contributed by atoms with Crippen LogP contribution in [-0.4, -0.2) is 41.8 Å². The Morgan fingerprint density at radius 3 is 1.88 bits per heavy atom. The number of nitrogens with one attached hydrogen (secondary N) is 1. The van der Waals surface area contributed by atoms with E-state index in [9.17, 15) is 13.2 Å². The van der Waals surface area contributed by atoms with Gasteiger partial charge in [-0.15, -0.1) is 0 Å². The number of hydrogen-bond acceptors (Lipinski definition) is 2. The molecule has 1 aliphatic heterocycles. The summed E-state index contributed by atoms with van der Waals surface area (Å²) in [6, 6.07) is 0.605. The van der Waals surface area contributed by atoms with Gasteiger partial charge < -0.3 is 5.32 Å². The summed E-state index contributed by atoms with van der Waals surface area (Å²) in [7, 11) is 0. The summed E-state index contributed by atoms with van der Waals surface area (Å²) in [4.78, 5) is 1.68. The van der Waals surface area contributed by atoms with Crippen LogP contribution in [0.2, 0.25) is 0 Å². The SMILES string of the molecule is CC1CCN(C2(C(F)(F)F)CC2)CCC(C)N1. The van der Waals surface area contributed by atoms with Crippen LogP contribution < -0.4 is 5.32 Å². The number of alkyl halides is 3. The molecule has 1 aliphatic carbocycles. The normalized spacial score (nSPS) is 35.1. The van der Waals surface area contributed by atoms with Crippen LogP contribution in [0.4, 0.5) is 13.2 Å². The highest BCUT2D eigenvalue weighted by Crippen LogP contribution is 2.53. The third-order valence-corrected chi connectivity index (χ3v) is 4.09. The van der Waals surface area contributed by atoms with Gasteiger partial charge in [-0.05, 0) is 39.5 Å². The second-order valence-corrected chi connectivity index (χ2v) is 5.56. The summed E-state index contributed by atoms with van der Waals surface area (Å²) in [5.41, 5.74) is -1.48. The monoisotopic (exact) mass is 250 g/mol. The van der Waals surface area contributed by atoms with Gasteiger partial charge in [0.15, 0.2) is 0 Å². The van der Waals surface area contributed by atoms with Crippen molar-refractivity contribution in [1.82, 2.24) is 10.2 Å². The van der Waals surface area contributed by atoms with Crippen LogP contribution in [0, 0.1) is 0 Å². The topological polar surface area (TPSA) is 15.3 Å². The molecule has 2 unspecified atom stereocenters. The first kappa shape index (κ1) is 13.1. The molecular formula is C12H21F3N2. The van der Waals surface area contributed by atoms with Crippen molar-refractivity contribution in [2.24, 2.45) is 0 Å². The minimum absolute atomic E-state index is 0.284. The van der Waals surface area contributed by atoms with Crippen LogP contribution in [0.25, 0.3) is 0 Å². The maximum atomic E-state index is 13.1. The van der Waals surface area contributed by atoms with Crippen molar-refractivity contribution in [2.75, 3.05) is 13.1 Å². The van der Waals surface area contributed by atoms with Gasteiger partial charge in [0, 0.05) is 25.2 Å². The first-order valence-corrected chi connectivity index (χ1v) is 6.43. The van der Waals surface area contributed by atoms with E-state index >= 15 is 0 Å². The molecule has 0 radical (unpaired) electrons. The molecule has 1 N–H and O–H groups in total. The maximum absolute atomic E-state index is 13.1. The molecule has 0 aromatic heterocycles. The summed E-state index contributed by atoms with van der Waals surface area (Å²) in [6.45, 7) is 5.21. The van der Waals surface area contributed by atoms with Gasteiger partial charge in [-0.2, -0.15) is 13.2 Å². The van der Waals surface area contributed by atoms with Gasteiger partial charge >= 0.3 is 6.18 Å². The molecule has 2 nitrogen and oxygen atoms in total. The summed E-state index contributed by atoms with van der Waals surface area (Å²) in [6.07, 6.45) is -1.91. The van der Waals surface area contributed by atoms with E-state index < -0.39 is 11.7 Å². The van der Waals surface area contributed by atoms with E-state index in [1.165, 1.54) is 0 Å². The fourth-order valence-electron chi connectivity index (χ4n) is 2.79. The predicted octanol–water partition coefficient (Wildman–Crippen LogP) is 2.54. The molecule has 0 aromatic carbocycles. The van der Waals surface area contributed by atoms with Crippen LogP contribution in [0.3, 0.4) is 0 Å². The second-order valence-electron chi connectivity index (χ2n) is 5.56. The number of halogens is 3. The van der Waals surface area contributed by atoms with Crippen LogP contribution in [0.1, 0.15) is 39.5 Å². The summed E-state index contributed by atoms with van der Waals surface area (Å²) in [5.74, 6) is 0. The number of nitrogens with zero attached hydrogens (tertiary/aromatic N) is 1. The zero-order valence-electron chi connectivity index (χ0n) is 10.5. The van der Waals surface area contributed by atoms with E-state index in [1.54, 1.807) is 4.90 Å². The fraction of sp³-hybridized carbons (Fsp3) is 1.00. The van der Waals surface area contributed by atoms with Gasteiger partial charge in [-0.1, -0.05) is 0 Å². The minimum atomic E-state index is -4.06. The highest BCUT2D eigenvalue weighted by Gasteiger charge is 2.66. The first-order valence-electron chi connectivity index (χ1n) is 6.43. The molecule has 5 heteroatoms. The number of rotatable bonds is 1.